The zero-order chi connectivity index (χ0) is 19.3. The second-order valence-electron chi connectivity index (χ2n) is 7.39. The van der Waals surface area contributed by atoms with E-state index < -0.39 is 0 Å². The maximum Gasteiger partial charge on any atom is 0.321 e. The van der Waals surface area contributed by atoms with E-state index in [0.717, 1.165) is 50.0 Å². The van der Waals surface area contributed by atoms with E-state index in [4.69, 9.17) is 11.6 Å². The summed E-state index contributed by atoms with van der Waals surface area (Å²) in [5.41, 5.74) is 3.21. The third-order valence-corrected chi connectivity index (χ3v) is 5.81. The average molecular weight is 394 g/mol. The van der Waals surface area contributed by atoms with Gasteiger partial charge in [0.1, 0.15) is 0 Å². The zero-order valence-corrected chi connectivity index (χ0v) is 16.5. The molecule has 0 unspecified atom stereocenters. The number of halogens is 1. The largest absolute Gasteiger partial charge is 0.325 e. The van der Waals surface area contributed by atoms with Crippen molar-refractivity contribution < 1.29 is 4.79 Å². The normalized spacial score (nSPS) is 15.0. The van der Waals surface area contributed by atoms with Gasteiger partial charge in [-0.25, -0.2) is 4.79 Å². The Morgan fingerprint density at radius 3 is 2.61 bits per heavy atom. The summed E-state index contributed by atoms with van der Waals surface area (Å²) in [4.78, 5) is 18.8. The molecule has 1 aliphatic heterocycles. The number of hydrogen-bond donors (Lipinski definition) is 1. The topological polar surface area (TPSA) is 45.2 Å². The second-order valence-corrected chi connectivity index (χ2v) is 7.83. The molecule has 0 aliphatic carbocycles. The molecule has 1 aliphatic rings. The quantitative estimate of drug-likeness (QED) is 0.612. The first-order chi connectivity index (χ1) is 13.7. The molecular formula is C23H24ClN3O. The molecule has 144 valence electrons. The summed E-state index contributed by atoms with van der Waals surface area (Å²) in [6.45, 7) is 1.61. The van der Waals surface area contributed by atoms with Gasteiger partial charge in [-0.3, -0.25) is 4.98 Å². The lowest BCUT2D eigenvalue weighted by molar-refractivity contribution is 0.180. The number of amides is 2. The Bertz CT molecular complexity index is 944. The minimum Gasteiger partial charge on any atom is -0.325 e. The van der Waals surface area contributed by atoms with Gasteiger partial charge in [-0.1, -0.05) is 29.8 Å². The van der Waals surface area contributed by atoms with E-state index in [9.17, 15) is 4.79 Å². The maximum absolute atomic E-state index is 12.5. The Labute approximate surface area is 170 Å². The van der Waals surface area contributed by atoms with E-state index >= 15 is 0 Å². The van der Waals surface area contributed by atoms with Gasteiger partial charge in [0, 0.05) is 35.4 Å². The highest BCUT2D eigenvalue weighted by molar-refractivity contribution is 6.30. The van der Waals surface area contributed by atoms with Gasteiger partial charge in [-0.05, 0) is 73.6 Å². The second kappa shape index (κ2) is 8.61. The molecule has 0 spiro atoms. The number of carbonyl (C=O) groups is 1. The number of aromatic nitrogens is 1. The number of benzene rings is 2. The number of nitrogens with one attached hydrogen (secondary N) is 1. The molecule has 0 radical (unpaired) electrons. The lowest BCUT2D eigenvalue weighted by Gasteiger charge is -2.32. The van der Waals surface area contributed by atoms with Crippen LogP contribution in [0.2, 0.25) is 5.02 Å². The summed E-state index contributed by atoms with van der Waals surface area (Å²) in [6, 6.07) is 17.7. The lowest BCUT2D eigenvalue weighted by Crippen LogP contribution is -2.41. The van der Waals surface area contributed by atoms with Crippen molar-refractivity contribution in [2.24, 2.45) is 5.92 Å². The molecule has 4 nitrogen and oxygen atoms in total. The van der Waals surface area contributed by atoms with Gasteiger partial charge in [0.15, 0.2) is 0 Å². The van der Waals surface area contributed by atoms with Gasteiger partial charge in [0.25, 0.3) is 0 Å². The monoisotopic (exact) mass is 393 g/mol. The third-order valence-electron chi connectivity index (χ3n) is 5.56. The molecule has 2 aromatic carbocycles. The van der Waals surface area contributed by atoms with Crippen LogP contribution in [-0.2, 0) is 6.42 Å². The smallest absolute Gasteiger partial charge is 0.321 e. The lowest BCUT2D eigenvalue weighted by atomic mass is 9.90. The number of pyridine rings is 1. The number of para-hydroxylation sites is 1. The predicted molar refractivity (Wildman–Crippen MR) is 115 cm³/mol. The highest BCUT2D eigenvalue weighted by Gasteiger charge is 2.22. The molecule has 2 heterocycles. The number of anilines is 1. The SMILES string of the molecule is O=C(Nc1ccc(Cl)cc1)N1CCC(CCc2ccnc3ccccc23)CC1. The van der Waals surface area contributed by atoms with Crippen molar-refractivity contribution >= 4 is 34.2 Å². The van der Waals surface area contributed by atoms with Gasteiger partial charge >= 0.3 is 6.03 Å². The van der Waals surface area contributed by atoms with E-state index in [-0.39, 0.29) is 6.03 Å². The van der Waals surface area contributed by atoms with Crippen LogP contribution in [0.3, 0.4) is 0 Å². The molecule has 1 aromatic heterocycles. The summed E-state index contributed by atoms with van der Waals surface area (Å²) in [5.74, 6) is 0.659. The molecule has 0 bridgehead atoms. The number of fused-ring (bicyclic) bond motifs is 1. The number of rotatable bonds is 4. The molecule has 0 saturated carbocycles. The van der Waals surface area contributed by atoms with E-state index in [1.807, 2.05) is 29.3 Å². The number of nitrogens with zero attached hydrogens (tertiary/aromatic N) is 2. The fraction of sp³-hybridized carbons (Fsp3) is 0.304. The molecule has 1 fully saturated rings. The van der Waals surface area contributed by atoms with Crippen LogP contribution in [-0.4, -0.2) is 29.0 Å². The van der Waals surface area contributed by atoms with Gasteiger partial charge in [-0.2, -0.15) is 0 Å². The number of carbonyl (C=O) groups excluding carboxylic acids is 1. The Hall–Kier alpha value is -2.59. The Morgan fingerprint density at radius 1 is 1.07 bits per heavy atom. The minimum atomic E-state index is -0.0269. The molecule has 2 amide bonds. The molecular weight excluding hydrogens is 370 g/mol. The summed E-state index contributed by atoms with van der Waals surface area (Å²) >= 11 is 5.89. The van der Waals surface area contributed by atoms with E-state index in [0.29, 0.717) is 10.9 Å². The summed E-state index contributed by atoms with van der Waals surface area (Å²) < 4.78 is 0. The summed E-state index contributed by atoms with van der Waals surface area (Å²) in [5, 5.41) is 4.87. The molecule has 0 atom stereocenters. The average Bonchev–Trinajstić information content (AvgIpc) is 2.74. The van der Waals surface area contributed by atoms with Crippen molar-refractivity contribution in [2.75, 3.05) is 18.4 Å². The van der Waals surface area contributed by atoms with Crippen molar-refractivity contribution in [3.05, 3.63) is 71.4 Å². The van der Waals surface area contributed by atoms with Crippen molar-refractivity contribution in [1.82, 2.24) is 9.88 Å². The number of hydrogen-bond acceptors (Lipinski definition) is 2. The van der Waals surface area contributed by atoms with Crippen LogP contribution in [0, 0.1) is 5.92 Å². The Balaban J connectivity index is 1.28. The van der Waals surface area contributed by atoms with Crippen LogP contribution in [0.1, 0.15) is 24.8 Å². The molecule has 5 heteroatoms. The molecule has 1 saturated heterocycles. The predicted octanol–water partition coefficient (Wildman–Crippen LogP) is 5.76. The Kier molecular flexibility index (Phi) is 5.77. The van der Waals surface area contributed by atoms with Crippen molar-refractivity contribution in [3.63, 3.8) is 0 Å². The fourth-order valence-corrected chi connectivity index (χ4v) is 4.02. The van der Waals surface area contributed by atoms with Gasteiger partial charge in [0.2, 0.25) is 0 Å². The molecule has 1 N–H and O–H groups in total. The van der Waals surface area contributed by atoms with Crippen LogP contribution in [0.4, 0.5) is 10.5 Å². The summed E-state index contributed by atoms with van der Waals surface area (Å²) in [6.07, 6.45) is 6.22. The number of piperidine rings is 1. The van der Waals surface area contributed by atoms with E-state index in [1.165, 1.54) is 10.9 Å². The first-order valence-corrected chi connectivity index (χ1v) is 10.2. The van der Waals surface area contributed by atoms with Gasteiger partial charge < -0.3 is 10.2 Å². The zero-order valence-electron chi connectivity index (χ0n) is 15.8. The maximum atomic E-state index is 12.5. The van der Waals surface area contributed by atoms with Gasteiger partial charge in [0.05, 0.1) is 5.52 Å². The molecule has 3 aromatic rings. The summed E-state index contributed by atoms with van der Waals surface area (Å²) in [7, 11) is 0. The number of likely N-dealkylation sites (tertiary alicyclic amines) is 1. The van der Waals surface area contributed by atoms with Gasteiger partial charge in [-0.15, -0.1) is 0 Å². The molecule has 28 heavy (non-hydrogen) atoms. The number of urea groups is 1. The highest BCUT2D eigenvalue weighted by atomic mass is 35.5. The van der Waals surface area contributed by atoms with Crippen molar-refractivity contribution in [3.8, 4) is 0 Å². The van der Waals surface area contributed by atoms with Crippen LogP contribution in [0.5, 0.6) is 0 Å². The first kappa shape index (κ1) is 18.8. The third kappa shape index (κ3) is 4.45. The van der Waals surface area contributed by atoms with E-state index in [1.54, 1.807) is 12.1 Å². The minimum absolute atomic E-state index is 0.0269. The highest BCUT2D eigenvalue weighted by Crippen LogP contribution is 2.25. The van der Waals surface area contributed by atoms with Crippen molar-refractivity contribution in [1.29, 1.82) is 0 Å². The standard InChI is InChI=1S/C23H24ClN3O/c24-19-7-9-20(10-8-19)26-23(28)27-15-12-17(13-16-27)5-6-18-11-14-25-22-4-2-1-3-21(18)22/h1-4,7-11,14,17H,5-6,12-13,15-16H2,(H,26,28). The molecule has 4 rings (SSSR count). The first-order valence-electron chi connectivity index (χ1n) is 9.83. The van der Waals surface area contributed by atoms with Crippen LogP contribution < -0.4 is 5.32 Å². The Morgan fingerprint density at radius 2 is 1.82 bits per heavy atom. The van der Waals surface area contributed by atoms with Crippen molar-refractivity contribution in [2.45, 2.75) is 25.7 Å². The number of aryl methyl sites for hydroxylation is 1. The van der Waals surface area contributed by atoms with Crippen LogP contribution in [0.25, 0.3) is 10.9 Å². The van der Waals surface area contributed by atoms with E-state index in [2.05, 4.69) is 34.6 Å². The van der Waals surface area contributed by atoms with Crippen LogP contribution >= 0.6 is 11.6 Å². The fourth-order valence-electron chi connectivity index (χ4n) is 3.89. The van der Waals surface area contributed by atoms with Crippen LogP contribution in [0.15, 0.2) is 60.8 Å².